The Morgan fingerprint density at radius 3 is 2.73 bits per heavy atom. The Kier molecular flexibility index (Phi) is 2.70. The first kappa shape index (κ1) is 8.32. The van der Waals surface area contributed by atoms with Crippen LogP contribution in [0.3, 0.4) is 0 Å². The maximum Gasteiger partial charge on any atom is 0.149 e. The van der Waals surface area contributed by atoms with Crippen LogP contribution in [0.15, 0.2) is 18.2 Å². The fraction of sp³-hybridized carbons (Fsp3) is 0.143. The molecule has 0 aliphatic carbocycles. The second kappa shape index (κ2) is 3.56. The van der Waals surface area contributed by atoms with E-state index in [1.54, 1.807) is 18.2 Å². The number of pyridine rings is 1. The van der Waals surface area contributed by atoms with Gasteiger partial charge in [0.1, 0.15) is 16.6 Å². The van der Waals surface area contributed by atoms with Gasteiger partial charge in [-0.3, -0.25) is 0 Å². The molecule has 0 aromatic carbocycles. The summed E-state index contributed by atoms with van der Waals surface area (Å²) in [6, 6.07) is 6.86. The van der Waals surface area contributed by atoms with Crippen molar-refractivity contribution >= 4 is 23.2 Å². The second-order valence-electron chi connectivity index (χ2n) is 1.86. The smallest absolute Gasteiger partial charge is 0.149 e. The molecule has 0 spiro atoms. The monoisotopic (exact) mass is 186 g/mol. The summed E-state index contributed by atoms with van der Waals surface area (Å²) in [5, 5.41) is 8.45. The summed E-state index contributed by atoms with van der Waals surface area (Å²) < 4.78 is 0. The van der Waals surface area contributed by atoms with Gasteiger partial charge < -0.3 is 0 Å². The Hall–Kier alpha value is -0.780. The number of nitrogens with zero attached hydrogens (tertiary/aromatic N) is 2. The van der Waals surface area contributed by atoms with E-state index < -0.39 is 4.84 Å². The third kappa shape index (κ3) is 2.07. The van der Waals surface area contributed by atoms with Crippen molar-refractivity contribution in [3.05, 3.63) is 29.6 Å². The summed E-state index contributed by atoms with van der Waals surface area (Å²) in [5.74, 6) is 0. The van der Waals surface area contributed by atoms with Crippen LogP contribution in [-0.4, -0.2) is 4.98 Å². The summed E-state index contributed by atoms with van der Waals surface area (Å²) >= 11 is 11.1. The van der Waals surface area contributed by atoms with Crippen molar-refractivity contribution in [2.24, 2.45) is 0 Å². The largest absolute Gasteiger partial charge is 0.239 e. The minimum atomic E-state index is -0.664. The number of halogens is 2. The third-order valence-corrected chi connectivity index (χ3v) is 1.56. The van der Waals surface area contributed by atoms with Gasteiger partial charge in [-0.05, 0) is 12.1 Å². The van der Waals surface area contributed by atoms with Gasteiger partial charge >= 0.3 is 0 Å². The van der Waals surface area contributed by atoms with Gasteiger partial charge in [0, 0.05) is 0 Å². The predicted molar refractivity (Wildman–Crippen MR) is 43.4 cm³/mol. The van der Waals surface area contributed by atoms with E-state index in [1.807, 2.05) is 6.07 Å². The van der Waals surface area contributed by atoms with Crippen LogP contribution in [0.2, 0.25) is 0 Å². The summed E-state index contributed by atoms with van der Waals surface area (Å²) in [7, 11) is 0. The first-order chi connectivity index (χ1) is 5.24. The highest BCUT2D eigenvalue weighted by Crippen LogP contribution is 2.22. The molecule has 0 amide bonds. The predicted octanol–water partition coefficient (Wildman–Crippen LogP) is 2.43. The number of nitriles is 1. The van der Waals surface area contributed by atoms with Gasteiger partial charge in [0.25, 0.3) is 0 Å². The lowest BCUT2D eigenvalue weighted by Crippen LogP contribution is -1.89. The van der Waals surface area contributed by atoms with Crippen LogP contribution in [-0.2, 0) is 0 Å². The topological polar surface area (TPSA) is 36.7 Å². The Morgan fingerprint density at radius 1 is 1.45 bits per heavy atom. The number of aromatic nitrogens is 1. The van der Waals surface area contributed by atoms with Crippen LogP contribution in [0.25, 0.3) is 0 Å². The number of hydrogen-bond donors (Lipinski definition) is 0. The average molecular weight is 187 g/mol. The lowest BCUT2D eigenvalue weighted by Gasteiger charge is -1.98. The molecule has 0 saturated heterocycles. The third-order valence-electron chi connectivity index (χ3n) is 1.11. The van der Waals surface area contributed by atoms with Gasteiger partial charge in [-0.15, -0.1) is 0 Å². The van der Waals surface area contributed by atoms with Crippen LogP contribution in [0, 0.1) is 11.3 Å². The van der Waals surface area contributed by atoms with Crippen LogP contribution < -0.4 is 0 Å². The summed E-state index contributed by atoms with van der Waals surface area (Å²) in [6.45, 7) is 0. The zero-order valence-corrected chi connectivity index (χ0v) is 6.97. The first-order valence-corrected chi connectivity index (χ1v) is 3.76. The fourth-order valence-electron chi connectivity index (χ4n) is 0.635. The van der Waals surface area contributed by atoms with Crippen LogP contribution in [0.4, 0.5) is 0 Å². The molecule has 1 aromatic rings. The lowest BCUT2D eigenvalue weighted by atomic mass is 10.3. The molecule has 0 saturated carbocycles. The first-order valence-electron chi connectivity index (χ1n) is 2.89. The molecule has 56 valence electrons. The van der Waals surface area contributed by atoms with Gasteiger partial charge in [0.05, 0.1) is 5.69 Å². The van der Waals surface area contributed by atoms with E-state index in [2.05, 4.69) is 4.98 Å². The molecule has 0 bridgehead atoms. The van der Waals surface area contributed by atoms with Crippen LogP contribution >= 0.6 is 23.2 Å². The Morgan fingerprint density at radius 2 is 2.18 bits per heavy atom. The van der Waals surface area contributed by atoms with E-state index >= 15 is 0 Å². The maximum atomic E-state index is 8.45. The molecule has 0 atom stereocenters. The van der Waals surface area contributed by atoms with Crippen molar-refractivity contribution in [1.82, 2.24) is 4.98 Å². The van der Waals surface area contributed by atoms with Crippen LogP contribution in [0.5, 0.6) is 0 Å². The summed E-state index contributed by atoms with van der Waals surface area (Å²) in [6.07, 6.45) is 0. The summed E-state index contributed by atoms with van der Waals surface area (Å²) in [4.78, 5) is 3.20. The Balaban J connectivity index is 3.03. The number of alkyl halides is 2. The highest BCUT2D eigenvalue weighted by molar-refractivity contribution is 6.43. The molecule has 0 fully saturated rings. The molecule has 0 unspecified atom stereocenters. The molecule has 4 heteroatoms. The van der Waals surface area contributed by atoms with Crippen molar-refractivity contribution < 1.29 is 0 Å². The van der Waals surface area contributed by atoms with E-state index in [4.69, 9.17) is 28.5 Å². The Labute approximate surface area is 74.4 Å². The van der Waals surface area contributed by atoms with Crippen molar-refractivity contribution in [1.29, 1.82) is 5.26 Å². The molecular weight excluding hydrogens is 183 g/mol. The lowest BCUT2D eigenvalue weighted by molar-refractivity contribution is 1.12. The molecule has 0 aliphatic rings. The van der Waals surface area contributed by atoms with Gasteiger partial charge in [0.15, 0.2) is 0 Å². The number of rotatable bonds is 1. The Bertz CT molecular complexity index is 291. The standard InChI is InChI=1S/C7H4Cl2N2/c8-7(9)6-3-1-2-5(4-10)11-6/h1-3,7H. The van der Waals surface area contributed by atoms with Gasteiger partial charge in [-0.25, -0.2) is 4.98 Å². The highest BCUT2D eigenvalue weighted by Gasteiger charge is 2.04. The molecule has 0 N–H and O–H groups in total. The van der Waals surface area contributed by atoms with Crippen molar-refractivity contribution in [3.63, 3.8) is 0 Å². The van der Waals surface area contributed by atoms with Crippen molar-refractivity contribution in [2.45, 2.75) is 4.84 Å². The molecule has 11 heavy (non-hydrogen) atoms. The molecule has 2 nitrogen and oxygen atoms in total. The quantitative estimate of drug-likeness (QED) is 0.633. The minimum Gasteiger partial charge on any atom is -0.239 e. The fourth-order valence-corrected chi connectivity index (χ4v) is 0.878. The van der Waals surface area contributed by atoms with Crippen molar-refractivity contribution in [2.75, 3.05) is 0 Å². The van der Waals surface area contributed by atoms with Gasteiger partial charge in [0.2, 0.25) is 0 Å². The van der Waals surface area contributed by atoms with E-state index in [0.29, 0.717) is 11.4 Å². The SMILES string of the molecule is N#Cc1cccc(C(Cl)Cl)n1. The molecule has 1 rings (SSSR count). The zero-order chi connectivity index (χ0) is 8.27. The van der Waals surface area contributed by atoms with E-state index in [1.165, 1.54) is 0 Å². The minimum absolute atomic E-state index is 0.328. The summed E-state index contributed by atoms with van der Waals surface area (Å²) in [5.41, 5.74) is 0.834. The normalized spacial score (nSPS) is 9.64. The van der Waals surface area contributed by atoms with E-state index in [9.17, 15) is 0 Å². The zero-order valence-electron chi connectivity index (χ0n) is 5.46. The van der Waals surface area contributed by atoms with E-state index in [-0.39, 0.29) is 0 Å². The molecule has 1 aromatic heterocycles. The van der Waals surface area contributed by atoms with Crippen molar-refractivity contribution in [3.8, 4) is 6.07 Å². The molecule has 0 aliphatic heterocycles. The van der Waals surface area contributed by atoms with Gasteiger partial charge in [-0.2, -0.15) is 5.26 Å². The molecule has 0 radical (unpaired) electrons. The highest BCUT2D eigenvalue weighted by atomic mass is 35.5. The molecule has 1 heterocycles. The van der Waals surface area contributed by atoms with Gasteiger partial charge in [-0.1, -0.05) is 29.3 Å². The second-order valence-corrected chi connectivity index (χ2v) is 2.96. The maximum absolute atomic E-state index is 8.45. The van der Waals surface area contributed by atoms with E-state index in [0.717, 1.165) is 0 Å². The average Bonchev–Trinajstić information content (AvgIpc) is 2.05. The molecular formula is C7H4Cl2N2. The van der Waals surface area contributed by atoms with Crippen LogP contribution in [0.1, 0.15) is 16.2 Å². The number of hydrogen-bond acceptors (Lipinski definition) is 2.